The first-order valence-corrected chi connectivity index (χ1v) is 0.683. The van der Waals surface area contributed by atoms with Gasteiger partial charge in [0.1, 0.15) is 0 Å². The summed E-state index contributed by atoms with van der Waals surface area (Å²) >= 11 is 0. The van der Waals surface area contributed by atoms with Crippen LogP contribution in [0.25, 0.3) is 0 Å². The van der Waals surface area contributed by atoms with E-state index in [0.29, 0.717) is 0 Å². The second kappa shape index (κ2) is 2.06. The normalized spacial score (nSPS) is 9.60. The largest absolute Gasteiger partial charge is 0.475 e. The summed E-state index contributed by atoms with van der Waals surface area (Å²) in [6.45, 7) is 0. The van der Waals surface area contributed by atoms with Crippen molar-refractivity contribution >= 4 is 0 Å². The van der Waals surface area contributed by atoms with Crippen LogP contribution in [0.5, 0.6) is 0 Å². The molecule has 0 atom stereocenters. The Morgan fingerprint density at radius 2 is 1.80 bits per heavy atom. The van der Waals surface area contributed by atoms with Crippen LogP contribution in [0.2, 0.25) is 0 Å². The van der Waals surface area contributed by atoms with Crippen LogP contribution < -0.4 is 10.5 Å². The molecule has 0 radical (unpaired) electrons. The molecular formula is HO5-. The summed E-state index contributed by atoms with van der Waals surface area (Å²) in [4.78, 5) is -0.699. The lowest BCUT2D eigenvalue weighted by molar-refractivity contribution is -1.18. The summed E-state index contributed by atoms with van der Waals surface area (Å²) in [5.41, 5.74) is 0. The summed E-state index contributed by atoms with van der Waals surface area (Å²) in [6.07, 6.45) is 0. The topological polar surface area (TPSA) is 78.3 Å². The van der Waals surface area contributed by atoms with Crippen LogP contribution >= 0.6 is 0 Å². The molecule has 5 heavy (non-hydrogen) atoms. The summed E-state index contributed by atoms with van der Waals surface area (Å²) in [6, 6.07) is 0. The van der Waals surface area contributed by atoms with Crippen LogP contribution in [-0.4, -0.2) is 5.26 Å². The minimum atomic E-state index is -0.699. The first-order valence-electron chi connectivity index (χ1n) is 0.683. The summed E-state index contributed by atoms with van der Waals surface area (Å²) in [5.74, 6) is 0. The Morgan fingerprint density at radius 1 is 1.60 bits per heavy atom. The van der Waals surface area contributed by atoms with E-state index in [1.165, 1.54) is 0 Å². The van der Waals surface area contributed by atoms with Gasteiger partial charge in [0.15, 0.2) is 0 Å². The fourth-order valence-electron chi connectivity index (χ4n) is 0. The van der Waals surface area contributed by atoms with Crippen molar-refractivity contribution in [2.75, 3.05) is 0 Å². The van der Waals surface area contributed by atoms with Gasteiger partial charge in [-0.1, -0.05) is 0 Å². The number of hydrogen-bond acceptors (Lipinski definition) is 4. The van der Waals surface area contributed by atoms with E-state index in [4.69, 9.17) is 15.8 Å². The molecule has 0 aromatic carbocycles. The van der Waals surface area contributed by atoms with E-state index in [1.807, 2.05) is 0 Å². The third kappa shape index (κ3) is 3.80. The smallest absolute Gasteiger partial charge is 0.0838 e. The van der Waals surface area contributed by atoms with Crippen molar-refractivity contribution in [1.82, 2.24) is 0 Å². The quantitative estimate of drug-likeness (QED) is 0.215. The number of hydrogen-bond donors (Lipinski definition) is 1. The molecule has 5 nitrogen and oxygen atoms in total. The van der Waals surface area contributed by atoms with E-state index in [-0.39, 0.29) is 0 Å². The fourth-order valence-corrected chi connectivity index (χ4v) is 0. The molecule has 0 rings (SSSR count). The third-order valence-corrected chi connectivity index (χ3v) is 0.0609. The van der Waals surface area contributed by atoms with Crippen molar-refractivity contribution in [2.24, 2.45) is 0 Å². The van der Waals surface area contributed by atoms with Crippen molar-refractivity contribution in [2.45, 2.75) is 0 Å². The lowest BCUT2D eigenvalue weighted by Gasteiger charge is -2.08. The number of rotatable bonds is 1. The van der Waals surface area contributed by atoms with Crippen molar-refractivity contribution in [3.8, 4) is 0 Å². The molecule has 5 heteroatoms. The predicted molar refractivity (Wildman–Crippen MR) is 4.80 cm³/mol. The molecule has 0 amide bonds. The van der Waals surface area contributed by atoms with Gasteiger partial charge in [0, 0.05) is 0 Å². The maximum atomic E-state index is 8.62. The molecule has 0 aliphatic heterocycles. The Labute approximate surface area is 27.0 Å². The minimum absolute atomic E-state index is 0.699. The van der Waals surface area contributed by atoms with Crippen molar-refractivity contribution < 1.29 is 25.6 Å². The van der Waals surface area contributed by atoms with E-state index in [0.717, 1.165) is 0 Å². The zero-order valence-electron chi connectivity index (χ0n) is 2.08. The molecule has 0 bridgehead atoms. The Bertz CT molecular complexity index is 14.0. The van der Waals surface area contributed by atoms with E-state index in [9.17, 15) is 0 Å². The van der Waals surface area contributed by atoms with Gasteiger partial charge in [0.05, 0.1) is 5.04 Å². The van der Waals surface area contributed by atoms with Gasteiger partial charge in [-0.3, -0.25) is 0 Å². The van der Waals surface area contributed by atoms with Gasteiger partial charge in [-0.2, -0.15) is 5.26 Å². The fraction of sp³-hybridized carbons (Fsp3) is 0. The monoisotopic (exact) mass is 81.0 g/mol. The molecule has 0 aliphatic rings. The van der Waals surface area contributed by atoms with E-state index < -0.39 is 4.82 Å². The molecule has 0 fully saturated rings. The highest BCUT2D eigenvalue weighted by atomic mass is 17.8. The average Bonchev–Trinajstić information content (AvgIpc) is 1.38. The van der Waals surface area contributed by atoms with Gasteiger partial charge in [-0.15, -0.1) is 0 Å². The Balaban J connectivity index is 2.54. The van der Waals surface area contributed by atoms with Crippen LogP contribution in [0.3, 0.4) is 0 Å². The molecule has 0 spiro atoms. The molecule has 0 heterocycles. The molecule has 0 unspecified atom stereocenters. The SMILES string of the molecule is [O-][O+]([O-])OO. The van der Waals surface area contributed by atoms with Gasteiger partial charge in [0.2, 0.25) is 0 Å². The highest BCUT2D eigenvalue weighted by molar-refractivity contribution is 2.72. The van der Waals surface area contributed by atoms with E-state index >= 15 is 0 Å². The van der Waals surface area contributed by atoms with Crippen molar-refractivity contribution in [3.05, 3.63) is 0 Å². The average molecular weight is 81.0 g/mol. The molecule has 0 aliphatic carbocycles. The molecular weight excluding hydrogens is 80.0 g/mol. The predicted octanol–water partition coefficient (Wildman–Crippen LogP) is -2.51. The second-order valence-electron chi connectivity index (χ2n) is 0.279. The molecule has 32 valence electrons. The molecule has 0 aromatic heterocycles. The summed E-state index contributed by atoms with van der Waals surface area (Å²) < 4.78 is 0. The molecule has 0 saturated heterocycles. The second-order valence-corrected chi connectivity index (χ2v) is 0.279. The van der Waals surface area contributed by atoms with Crippen molar-refractivity contribution in [1.29, 1.82) is 0 Å². The summed E-state index contributed by atoms with van der Waals surface area (Å²) in [7, 11) is 0. The maximum absolute atomic E-state index is 8.62. The van der Waals surface area contributed by atoms with E-state index in [1.54, 1.807) is 0 Å². The van der Waals surface area contributed by atoms with Crippen LogP contribution in [0, 0.1) is 0 Å². The zero-order valence-corrected chi connectivity index (χ0v) is 2.08. The van der Waals surface area contributed by atoms with Gasteiger partial charge in [0.25, 0.3) is 0 Å². The van der Waals surface area contributed by atoms with Gasteiger partial charge < -0.3 is 10.5 Å². The Morgan fingerprint density at radius 3 is 1.80 bits per heavy atom. The third-order valence-electron chi connectivity index (χ3n) is 0.0609. The van der Waals surface area contributed by atoms with Crippen LogP contribution in [-0.2, 0) is 9.86 Å². The van der Waals surface area contributed by atoms with Crippen LogP contribution in [0.15, 0.2) is 0 Å². The standard InChI is InChI=1S/HO5/c1-4-5(2)3/h1H/q-1. The highest BCUT2D eigenvalue weighted by Crippen LogP contribution is 1.57. The van der Waals surface area contributed by atoms with Crippen LogP contribution in [0.4, 0.5) is 0 Å². The first kappa shape index (κ1) is 4.80. The van der Waals surface area contributed by atoms with Gasteiger partial charge in [-0.05, 0) is 0 Å². The minimum Gasteiger partial charge on any atom is -0.475 e. The molecule has 1 N–H and O–H groups in total. The van der Waals surface area contributed by atoms with Gasteiger partial charge in [-0.25, -0.2) is 4.82 Å². The molecule has 0 aromatic rings. The summed E-state index contributed by atoms with van der Waals surface area (Å²) in [5, 5.41) is 26.5. The lowest BCUT2D eigenvalue weighted by Crippen LogP contribution is -2.35. The van der Waals surface area contributed by atoms with Crippen molar-refractivity contribution in [3.63, 3.8) is 0 Å². The highest BCUT2D eigenvalue weighted by Gasteiger charge is 1.67. The first-order chi connectivity index (χ1) is 2.27. The maximum Gasteiger partial charge on any atom is 0.0838 e. The van der Waals surface area contributed by atoms with Gasteiger partial charge >= 0.3 is 0 Å². The molecule has 0 saturated carbocycles. The Hall–Kier alpha value is -0.200. The Kier molecular flexibility index (Phi) is 1.98. The van der Waals surface area contributed by atoms with Crippen LogP contribution in [0.1, 0.15) is 0 Å². The lowest BCUT2D eigenvalue weighted by atomic mass is 14.2. The zero-order chi connectivity index (χ0) is 4.28. The van der Waals surface area contributed by atoms with E-state index in [2.05, 4.69) is 5.04 Å².